The second-order valence-corrected chi connectivity index (χ2v) is 4.84. The van der Waals surface area contributed by atoms with Gasteiger partial charge in [0.1, 0.15) is 11.4 Å². The van der Waals surface area contributed by atoms with Gasteiger partial charge in [-0.2, -0.15) is 0 Å². The highest BCUT2D eigenvalue weighted by molar-refractivity contribution is 5.97. The molecule has 1 atom stereocenters. The van der Waals surface area contributed by atoms with Gasteiger partial charge in [0.15, 0.2) is 0 Å². The summed E-state index contributed by atoms with van der Waals surface area (Å²) >= 11 is 0. The van der Waals surface area contributed by atoms with Gasteiger partial charge in [-0.25, -0.2) is 0 Å². The Bertz CT molecular complexity index is 467. The van der Waals surface area contributed by atoms with E-state index in [0.29, 0.717) is 25.3 Å². The molecule has 0 aliphatic carbocycles. The van der Waals surface area contributed by atoms with Crippen LogP contribution in [-0.4, -0.2) is 43.5 Å². The number of carbonyl (C=O) groups is 1. The number of aryl methyl sites for hydroxylation is 1. The summed E-state index contributed by atoms with van der Waals surface area (Å²) in [7, 11) is 1.62. The second-order valence-electron chi connectivity index (χ2n) is 4.84. The number of carbonyl (C=O) groups excluding carboxylic acids is 1. The number of phenolic OH excluding ortho intramolecular Hbond substituents is 1. The van der Waals surface area contributed by atoms with Crippen LogP contribution in [0.25, 0.3) is 0 Å². The molecule has 2 N–H and O–H groups in total. The van der Waals surface area contributed by atoms with Crippen LogP contribution < -0.4 is 5.32 Å². The zero-order chi connectivity index (χ0) is 13.9. The Balaban J connectivity index is 2.03. The van der Waals surface area contributed by atoms with Gasteiger partial charge in [-0.05, 0) is 18.6 Å². The van der Waals surface area contributed by atoms with Crippen molar-refractivity contribution in [3.05, 3.63) is 29.3 Å². The minimum atomic E-state index is -0.449. The fraction of sp³-hybridized carbons (Fsp3) is 0.500. The van der Waals surface area contributed by atoms with Gasteiger partial charge >= 0.3 is 0 Å². The van der Waals surface area contributed by atoms with E-state index in [0.717, 1.165) is 6.42 Å². The molecule has 1 aromatic rings. The zero-order valence-corrected chi connectivity index (χ0v) is 11.2. The first-order chi connectivity index (χ1) is 9.08. The summed E-state index contributed by atoms with van der Waals surface area (Å²) in [6.07, 6.45) is 0.754. The lowest BCUT2D eigenvalue weighted by molar-refractivity contribution is -0.0148. The van der Waals surface area contributed by atoms with Crippen LogP contribution in [0.2, 0.25) is 0 Å². The van der Waals surface area contributed by atoms with Gasteiger partial charge in [0.25, 0.3) is 5.91 Å². The summed E-state index contributed by atoms with van der Waals surface area (Å²) in [5, 5.41) is 12.7. The van der Waals surface area contributed by atoms with Crippen LogP contribution in [0.15, 0.2) is 18.2 Å². The molecule has 0 aromatic heterocycles. The fourth-order valence-electron chi connectivity index (χ4n) is 2.14. The number of aromatic hydroxyl groups is 1. The molecule has 1 aromatic carbocycles. The van der Waals surface area contributed by atoms with E-state index in [4.69, 9.17) is 9.47 Å². The van der Waals surface area contributed by atoms with E-state index in [9.17, 15) is 9.90 Å². The number of methoxy groups -OCH3 is 1. The lowest BCUT2D eigenvalue weighted by Crippen LogP contribution is -2.45. The zero-order valence-electron chi connectivity index (χ0n) is 11.2. The topological polar surface area (TPSA) is 67.8 Å². The van der Waals surface area contributed by atoms with Crippen LogP contribution >= 0.6 is 0 Å². The Labute approximate surface area is 112 Å². The van der Waals surface area contributed by atoms with Gasteiger partial charge in [-0.3, -0.25) is 4.79 Å². The first kappa shape index (κ1) is 13.8. The van der Waals surface area contributed by atoms with Crippen molar-refractivity contribution in [1.29, 1.82) is 0 Å². The van der Waals surface area contributed by atoms with Crippen molar-refractivity contribution in [2.45, 2.75) is 18.9 Å². The van der Waals surface area contributed by atoms with E-state index in [1.165, 1.54) is 0 Å². The number of hydrogen-bond donors (Lipinski definition) is 2. The molecule has 2 rings (SSSR count). The first-order valence-corrected chi connectivity index (χ1v) is 6.28. The summed E-state index contributed by atoms with van der Waals surface area (Å²) in [6, 6.07) is 5.10. The summed E-state index contributed by atoms with van der Waals surface area (Å²) < 4.78 is 10.7. The van der Waals surface area contributed by atoms with Gasteiger partial charge in [0.05, 0.1) is 12.2 Å². The van der Waals surface area contributed by atoms with E-state index < -0.39 is 5.60 Å². The molecule has 0 bridgehead atoms. The Morgan fingerprint density at radius 1 is 1.58 bits per heavy atom. The van der Waals surface area contributed by atoms with Crippen molar-refractivity contribution < 1.29 is 19.4 Å². The highest BCUT2D eigenvalue weighted by Crippen LogP contribution is 2.23. The molecular formula is C14H19NO4. The number of para-hydroxylation sites is 1. The number of amides is 1. The molecule has 1 aliphatic rings. The molecule has 104 valence electrons. The molecule has 5 heteroatoms. The molecule has 0 spiro atoms. The largest absolute Gasteiger partial charge is 0.507 e. The quantitative estimate of drug-likeness (QED) is 0.859. The monoisotopic (exact) mass is 265 g/mol. The van der Waals surface area contributed by atoms with Crippen molar-refractivity contribution >= 4 is 5.91 Å². The summed E-state index contributed by atoms with van der Waals surface area (Å²) in [5.41, 5.74) is 0.512. The molecule has 1 fully saturated rings. The lowest BCUT2D eigenvalue weighted by atomic mass is 10.0. The van der Waals surface area contributed by atoms with Crippen LogP contribution in [0.5, 0.6) is 5.75 Å². The second kappa shape index (κ2) is 5.59. The van der Waals surface area contributed by atoms with E-state index in [-0.39, 0.29) is 17.2 Å². The van der Waals surface area contributed by atoms with Crippen molar-refractivity contribution in [2.24, 2.45) is 0 Å². The third-order valence-electron chi connectivity index (χ3n) is 3.55. The molecule has 0 radical (unpaired) electrons. The van der Waals surface area contributed by atoms with Crippen LogP contribution in [0.4, 0.5) is 0 Å². The molecule has 5 nitrogen and oxygen atoms in total. The maximum Gasteiger partial charge on any atom is 0.255 e. The van der Waals surface area contributed by atoms with Gasteiger partial charge in [0.2, 0.25) is 0 Å². The minimum Gasteiger partial charge on any atom is -0.507 e. The lowest BCUT2D eigenvalue weighted by Gasteiger charge is -2.25. The van der Waals surface area contributed by atoms with Crippen molar-refractivity contribution in [3.63, 3.8) is 0 Å². The summed E-state index contributed by atoms with van der Waals surface area (Å²) in [6.45, 7) is 3.24. The maximum atomic E-state index is 12.1. The molecular weight excluding hydrogens is 246 g/mol. The molecule has 0 saturated carbocycles. The van der Waals surface area contributed by atoms with Crippen LogP contribution in [0, 0.1) is 6.92 Å². The highest BCUT2D eigenvalue weighted by Gasteiger charge is 2.35. The number of hydrogen-bond acceptors (Lipinski definition) is 4. The Hall–Kier alpha value is -1.59. The number of phenols is 1. The normalized spacial score (nSPS) is 22.4. The number of ether oxygens (including phenoxy) is 2. The van der Waals surface area contributed by atoms with E-state index >= 15 is 0 Å². The molecule has 1 heterocycles. The summed E-state index contributed by atoms with van der Waals surface area (Å²) in [5.74, 6) is -0.279. The van der Waals surface area contributed by atoms with Crippen LogP contribution in [-0.2, 0) is 9.47 Å². The van der Waals surface area contributed by atoms with E-state index in [1.54, 1.807) is 32.2 Å². The van der Waals surface area contributed by atoms with Crippen LogP contribution in [0.1, 0.15) is 22.3 Å². The molecule has 1 saturated heterocycles. The van der Waals surface area contributed by atoms with Gasteiger partial charge in [0, 0.05) is 26.7 Å². The SMILES string of the molecule is COC1(CNC(=O)c2cccc(C)c2O)CCOC1. The van der Waals surface area contributed by atoms with Gasteiger partial charge in [-0.15, -0.1) is 0 Å². The smallest absolute Gasteiger partial charge is 0.255 e. The van der Waals surface area contributed by atoms with Crippen molar-refractivity contribution in [1.82, 2.24) is 5.32 Å². The fourth-order valence-corrected chi connectivity index (χ4v) is 2.14. The third kappa shape index (κ3) is 2.88. The Kier molecular flexibility index (Phi) is 4.07. The summed E-state index contributed by atoms with van der Waals surface area (Å²) in [4.78, 5) is 12.1. The van der Waals surface area contributed by atoms with E-state index in [2.05, 4.69) is 5.32 Å². The first-order valence-electron chi connectivity index (χ1n) is 6.28. The molecule has 1 amide bonds. The van der Waals surface area contributed by atoms with E-state index in [1.807, 2.05) is 0 Å². The minimum absolute atomic E-state index is 0.0224. The van der Waals surface area contributed by atoms with Gasteiger partial charge < -0.3 is 19.9 Å². The molecule has 1 unspecified atom stereocenters. The highest BCUT2D eigenvalue weighted by atomic mass is 16.5. The third-order valence-corrected chi connectivity index (χ3v) is 3.55. The molecule has 19 heavy (non-hydrogen) atoms. The average Bonchev–Trinajstić information content (AvgIpc) is 2.89. The maximum absolute atomic E-state index is 12.1. The number of rotatable bonds is 4. The Morgan fingerprint density at radius 2 is 2.37 bits per heavy atom. The average molecular weight is 265 g/mol. The van der Waals surface area contributed by atoms with Gasteiger partial charge in [-0.1, -0.05) is 12.1 Å². The van der Waals surface area contributed by atoms with Crippen molar-refractivity contribution in [2.75, 3.05) is 26.9 Å². The predicted molar refractivity (Wildman–Crippen MR) is 70.4 cm³/mol. The predicted octanol–water partition coefficient (Wildman–Crippen LogP) is 1.24. The molecule has 1 aliphatic heterocycles. The standard InChI is InChI=1S/C14H19NO4/c1-10-4-3-5-11(12(10)16)13(17)15-8-14(18-2)6-7-19-9-14/h3-5,16H,6-9H2,1-2H3,(H,15,17). The van der Waals surface area contributed by atoms with Crippen LogP contribution in [0.3, 0.4) is 0 Å². The number of nitrogens with one attached hydrogen (secondary N) is 1. The number of benzene rings is 1. The van der Waals surface area contributed by atoms with Crippen molar-refractivity contribution in [3.8, 4) is 5.75 Å². The Morgan fingerprint density at radius 3 is 3.00 bits per heavy atom.